The summed E-state index contributed by atoms with van der Waals surface area (Å²) in [6, 6.07) is 0.828. The number of amides is 2. The van der Waals surface area contributed by atoms with Crippen molar-refractivity contribution in [2.45, 2.75) is 18.5 Å². The summed E-state index contributed by atoms with van der Waals surface area (Å²) in [5.41, 5.74) is 0.310. The lowest BCUT2D eigenvalue weighted by Gasteiger charge is -2.23. The van der Waals surface area contributed by atoms with Crippen LogP contribution in [0.4, 0.5) is 0 Å². The second-order valence-corrected chi connectivity index (χ2v) is 8.52. The Kier molecular flexibility index (Phi) is 5.30. The van der Waals surface area contributed by atoms with Gasteiger partial charge in [0.2, 0.25) is 10.0 Å². The minimum absolute atomic E-state index is 0.00691. The highest BCUT2D eigenvalue weighted by molar-refractivity contribution is 7.89. The van der Waals surface area contributed by atoms with Crippen molar-refractivity contribution in [2.24, 2.45) is 7.05 Å². The van der Waals surface area contributed by atoms with Gasteiger partial charge >= 0.3 is 0 Å². The molecule has 0 spiro atoms. The van der Waals surface area contributed by atoms with Crippen LogP contribution in [-0.2, 0) is 26.6 Å². The van der Waals surface area contributed by atoms with Gasteiger partial charge in [0.05, 0.1) is 24.9 Å². The molecule has 10 nitrogen and oxygen atoms in total. The fourth-order valence-corrected chi connectivity index (χ4v) is 4.81. The van der Waals surface area contributed by atoms with Crippen molar-refractivity contribution in [1.82, 2.24) is 24.3 Å². The van der Waals surface area contributed by atoms with E-state index in [2.05, 4.69) is 10.4 Å². The van der Waals surface area contributed by atoms with Crippen LogP contribution >= 0.6 is 0 Å². The first-order valence-corrected chi connectivity index (χ1v) is 10.0. The van der Waals surface area contributed by atoms with Crippen LogP contribution in [0, 0.1) is 0 Å². The third-order valence-corrected chi connectivity index (χ3v) is 6.42. The van der Waals surface area contributed by atoms with Crippen LogP contribution in [0.3, 0.4) is 0 Å². The summed E-state index contributed by atoms with van der Waals surface area (Å²) in [7, 11) is -0.458. The summed E-state index contributed by atoms with van der Waals surface area (Å²) in [5, 5.41) is 6.94. The Morgan fingerprint density at radius 3 is 2.88 bits per heavy atom. The van der Waals surface area contributed by atoms with Gasteiger partial charge in [-0.2, -0.15) is 5.10 Å². The zero-order valence-corrected chi connectivity index (χ0v) is 15.6. The number of fused-ring (bicyclic) bond motifs is 1. The molecule has 1 aromatic heterocycles. The van der Waals surface area contributed by atoms with Crippen molar-refractivity contribution >= 4 is 21.8 Å². The highest BCUT2D eigenvalue weighted by Gasteiger charge is 2.45. The number of aryl methyl sites for hydroxylation is 1. The summed E-state index contributed by atoms with van der Waals surface area (Å²) < 4.78 is 32.1. The van der Waals surface area contributed by atoms with Gasteiger partial charge in [-0.25, -0.2) is 12.7 Å². The van der Waals surface area contributed by atoms with Crippen molar-refractivity contribution in [1.29, 1.82) is 0 Å². The maximum absolute atomic E-state index is 12.8. The largest absolute Gasteiger partial charge is 0.383 e. The van der Waals surface area contributed by atoms with Crippen LogP contribution in [-0.4, -0.2) is 90.4 Å². The lowest BCUT2D eigenvalue weighted by Crippen LogP contribution is -2.45. The molecule has 0 bridgehead atoms. The van der Waals surface area contributed by atoms with Crippen LogP contribution < -0.4 is 5.32 Å². The summed E-state index contributed by atoms with van der Waals surface area (Å²) in [4.78, 5) is 26.9. The second-order valence-electron chi connectivity index (χ2n) is 6.51. The monoisotopic (exact) mass is 385 g/mol. The van der Waals surface area contributed by atoms with Crippen LogP contribution in [0.5, 0.6) is 0 Å². The van der Waals surface area contributed by atoms with Crippen LogP contribution in [0.15, 0.2) is 12.3 Å². The molecule has 2 saturated heterocycles. The lowest BCUT2D eigenvalue weighted by molar-refractivity contribution is -0.131. The summed E-state index contributed by atoms with van der Waals surface area (Å²) in [6.07, 6.45) is 2.05. The zero-order valence-electron chi connectivity index (χ0n) is 14.8. The maximum atomic E-state index is 12.8. The van der Waals surface area contributed by atoms with Gasteiger partial charge < -0.3 is 10.1 Å². The molecular weight excluding hydrogens is 362 g/mol. The molecule has 0 radical (unpaired) electrons. The molecule has 2 atom stereocenters. The first-order chi connectivity index (χ1) is 12.3. The molecule has 26 heavy (non-hydrogen) atoms. The highest BCUT2D eigenvalue weighted by atomic mass is 32.2. The molecule has 1 N–H and O–H groups in total. The predicted octanol–water partition coefficient (Wildman–Crippen LogP) is -1.59. The average Bonchev–Trinajstić information content (AvgIpc) is 3.17. The molecule has 3 rings (SSSR count). The SMILES string of the molecule is COCCN1C(=O)[C@@H]2C[C@H](NC(=O)c3ccn(C)n3)CN2CCS1(=O)=O. The number of carbonyl (C=O) groups excluding carboxylic acids is 2. The molecule has 11 heteroatoms. The number of hydrogen-bond acceptors (Lipinski definition) is 7. The minimum Gasteiger partial charge on any atom is -0.383 e. The quantitative estimate of drug-likeness (QED) is 0.650. The van der Waals surface area contributed by atoms with Gasteiger partial charge in [0.15, 0.2) is 0 Å². The normalized spacial score (nSPS) is 25.8. The van der Waals surface area contributed by atoms with E-state index in [0.29, 0.717) is 18.7 Å². The number of aromatic nitrogens is 2. The summed E-state index contributed by atoms with van der Waals surface area (Å²) in [6.45, 7) is 0.852. The van der Waals surface area contributed by atoms with Crippen LogP contribution in [0.2, 0.25) is 0 Å². The number of sulfonamides is 1. The van der Waals surface area contributed by atoms with Crippen molar-refractivity contribution in [3.8, 4) is 0 Å². The molecule has 0 aromatic carbocycles. The van der Waals surface area contributed by atoms with E-state index in [9.17, 15) is 18.0 Å². The Labute approximate surface area is 152 Å². The standard InChI is InChI=1S/C15H23N5O5S/c1-18-4-3-12(17-18)14(21)16-11-9-13-15(22)20(5-7-25-2)26(23,24)8-6-19(13)10-11/h3-4,11,13H,5-10H2,1-2H3,(H,16,21)/t11-,13-/m0/s1. The van der Waals surface area contributed by atoms with E-state index in [0.717, 1.165) is 4.31 Å². The maximum Gasteiger partial charge on any atom is 0.272 e. The first-order valence-electron chi connectivity index (χ1n) is 8.39. The van der Waals surface area contributed by atoms with Gasteiger partial charge in [0, 0.05) is 39.5 Å². The summed E-state index contributed by atoms with van der Waals surface area (Å²) >= 11 is 0. The van der Waals surface area contributed by atoms with Crippen molar-refractivity contribution in [3.05, 3.63) is 18.0 Å². The van der Waals surface area contributed by atoms with E-state index in [4.69, 9.17) is 4.74 Å². The van der Waals surface area contributed by atoms with E-state index in [1.54, 1.807) is 24.0 Å². The number of hydrogen-bond donors (Lipinski definition) is 1. The Morgan fingerprint density at radius 2 is 2.23 bits per heavy atom. The van der Waals surface area contributed by atoms with Gasteiger partial charge in [-0.3, -0.25) is 19.2 Å². The molecule has 2 aliphatic rings. The van der Waals surface area contributed by atoms with Crippen molar-refractivity contribution in [2.75, 3.05) is 39.1 Å². The Hall–Kier alpha value is -1.98. The molecule has 144 valence electrons. The van der Waals surface area contributed by atoms with E-state index in [-0.39, 0.29) is 37.4 Å². The Balaban J connectivity index is 1.69. The Bertz CT molecular complexity index is 792. The number of carbonyl (C=O) groups is 2. The predicted molar refractivity (Wildman–Crippen MR) is 91.8 cm³/mol. The van der Waals surface area contributed by atoms with E-state index in [1.807, 2.05) is 4.90 Å². The van der Waals surface area contributed by atoms with Gasteiger partial charge in [-0.1, -0.05) is 0 Å². The smallest absolute Gasteiger partial charge is 0.272 e. The number of methoxy groups -OCH3 is 1. The molecule has 0 unspecified atom stereocenters. The van der Waals surface area contributed by atoms with E-state index >= 15 is 0 Å². The molecule has 0 saturated carbocycles. The van der Waals surface area contributed by atoms with Gasteiger partial charge in [-0.05, 0) is 12.5 Å². The molecule has 1 aromatic rings. The molecule has 3 heterocycles. The van der Waals surface area contributed by atoms with Crippen molar-refractivity contribution < 1.29 is 22.7 Å². The molecule has 0 aliphatic carbocycles. The number of nitrogens with one attached hydrogen (secondary N) is 1. The number of ether oxygens (including phenoxy) is 1. The average molecular weight is 385 g/mol. The second kappa shape index (κ2) is 7.33. The lowest BCUT2D eigenvalue weighted by atomic mass is 10.1. The van der Waals surface area contributed by atoms with Gasteiger partial charge in [-0.15, -0.1) is 0 Å². The molecule has 2 aliphatic heterocycles. The fourth-order valence-electron chi connectivity index (χ4n) is 3.38. The Morgan fingerprint density at radius 1 is 1.46 bits per heavy atom. The molecule has 2 amide bonds. The van der Waals surface area contributed by atoms with E-state index < -0.39 is 22.0 Å². The topological polar surface area (TPSA) is 114 Å². The molecule has 2 fully saturated rings. The minimum atomic E-state index is -3.64. The first kappa shape index (κ1) is 18.8. The zero-order chi connectivity index (χ0) is 18.9. The fraction of sp³-hybridized carbons (Fsp3) is 0.667. The van der Waals surface area contributed by atoms with Gasteiger partial charge in [0.25, 0.3) is 11.8 Å². The molecular formula is C15H23N5O5S. The number of rotatable bonds is 5. The third-order valence-electron chi connectivity index (χ3n) is 4.69. The highest BCUT2D eigenvalue weighted by Crippen LogP contribution is 2.24. The van der Waals surface area contributed by atoms with Crippen molar-refractivity contribution in [3.63, 3.8) is 0 Å². The van der Waals surface area contributed by atoms with E-state index in [1.165, 1.54) is 7.11 Å². The van der Waals surface area contributed by atoms with Gasteiger partial charge in [0.1, 0.15) is 5.69 Å². The van der Waals surface area contributed by atoms with Crippen LogP contribution in [0.1, 0.15) is 16.9 Å². The van der Waals surface area contributed by atoms with Crippen LogP contribution in [0.25, 0.3) is 0 Å². The summed E-state index contributed by atoms with van der Waals surface area (Å²) in [5.74, 6) is -0.876. The third kappa shape index (κ3) is 3.74. The number of nitrogens with zero attached hydrogens (tertiary/aromatic N) is 4.